The van der Waals surface area contributed by atoms with Gasteiger partial charge < -0.3 is 5.73 Å². The minimum absolute atomic E-state index is 0.375. The second-order valence-corrected chi connectivity index (χ2v) is 6.57. The minimum atomic E-state index is -4.45. The Bertz CT molecular complexity index is 812. The van der Waals surface area contributed by atoms with Crippen LogP contribution in [0.25, 0.3) is 0 Å². The molecule has 2 aromatic rings. The summed E-state index contributed by atoms with van der Waals surface area (Å²) < 4.78 is 66.7. The lowest BCUT2D eigenvalue weighted by Gasteiger charge is -2.11. The molecule has 0 radical (unpaired) electrons. The van der Waals surface area contributed by atoms with Crippen molar-refractivity contribution in [1.82, 2.24) is 0 Å². The second-order valence-electron chi connectivity index (χ2n) is 4.00. The van der Waals surface area contributed by atoms with E-state index in [2.05, 4.69) is 15.9 Å². The molecule has 0 fully saturated rings. The van der Waals surface area contributed by atoms with E-state index in [0.29, 0.717) is 16.6 Å². The van der Waals surface area contributed by atoms with Gasteiger partial charge in [-0.15, -0.1) is 0 Å². The molecule has 2 rings (SSSR count). The van der Waals surface area contributed by atoms with Crippen LogP contribution in [0.1, 0.15) is 0 Å². The predicted molar refractivity (Wildman–Crippen MR) is 75.7 cm³/mol. The highest BCUT2D eigenvalue weighted by Gasteiger charge is 2.23. The summed E-state index contributed by atoms with van der Waals surface area (Å²) in [6.45, 7) is 0. The fourth-order valence-corrected chi connectivity index (χ4v) is 3.02. The monoisotopic (exact) mass is 380 g/mol. The van der Waals surface area contributed by atoms with Gasteiger partial charge in [0.05, 0.1) is 5.69 Å². The number of hydrogen-bond donors (Lipinski definition) is 2. The number of sulfonamides is 1. The zero-order valence-corrected chi connectivity index (χ0v) is 12.6. The van der Waals surface area contributed by atoms with E-state index in [9.17, 15) is 21.6 Å². The fourth-order valence-electron chi connectivity index (χ4n) is 1.53. The Morgan fingerprint density at radius 3 is 2.33 bits per heavy atom. The van der Waals surface area contributed by atoms with Crippen LogP contribution in [0.4, 0.5) is 24.5 Å². The van der Waals surface area contributed by atoms with Crippen molar-refractivity contribution < 1.29 is 21.6 Å². The standard InChI is InChI=1S/C12H8BrF3N2O2S/c13-6-1-3-9(8(15)5-6)18-21(19,20)10-4-2-7(14)12(17)11(10)16/h1-5,18H,17H2. The lowest BCUT2D eigenvalue weighted by molar-refractivity contribution is 0.556. The van der Waals surface area contributed by atoms with E-state index in [1.165, 1.54) is 6.07 Å². The Morgan fingerprint density at radius 2 is 1.71 bits per heavy atom. The van der Waals surface area contributed by atoms with Gasteiger partial charge in [-0.3, -0.25) is 4.72 Å². The smallest absolute Gasteiger partial charge is 0.264 e. The molecule has 0 aliphatic carbocycles. The Hall–Kier alpha value is -1.74. The Morgan fingerprint density at radius 1 is 1.05 bits per heavy atom. The van der Waals surface area contributed by atoms with E-state index >= 15 is 0 Å². The van der Waals surface area contributed by atoms with E-state index in [1.807, 2.05) is 4.72 Å². The summed E-state index contributed by atoms with van der Waals surface area (Å²) in [5, 5.41) is 0. The van der Waals surface area contributed by atoms with Crippen LogP contribution in [0, 0.1) is 17.5 Å². The molecular weight excluding hydrogens is 373 g/mol. The van der Waals surface area contributed by atoms with E-state index in [-0.39, 0.29) is 5.69 Å². The molecule has 3 N–H and O–H groups in total. The molecule has 0 atom stereocenters. The maximum absolute atomic E-state index is 13.7. The number of nitrogens with two attached hydrogens (primary N) is 1. The molecule has 0 spiro atoms. The summed E-state index contributed by atoms with van der Waals surface area (Å²) in [7, 11) is -4.45. The first-order chi connectivity index (χ1) is 9.72. The van der Waals surface area contributed by atoms with Gasteiger partial charge in [0.2, 0.25) is 0 Å². The van der Waals surface area contributed by atoms with Crippen molar-refractivity contribution in [3.63, 3.8) is 0 Å². The number of nitrogen functional groups attached to an aromatic ring is 1. The van der Waals surface area contributed by atoms with Crippen LogP contribution in [-0.4, -0.2) is 8.42 Å². The van der Waals surface area contributed by atoms with Gasteiger partial charge in [0.15, 0.2) is 5.82 Å². The number of rotatable bonds is 3. The van der Waals surface area contributed by atoms with Crippen molar-refractivity contribution in [2.24, 2.45) is 0 Å². The maximum Gasteiger partial charge on any atom is 0.264 e. The average molecular weight is 381 g/mol. The van der Waals surface area contributed by atoms with Gasteiger partial charge in [0.25, 0.3) is 10.0 Å². The van der Waals surface area contributed by atoms with Gasteiger partial charge >= 0.3 is 0 Å². The normalized spacial score (nSPS) is 11.4. The third kappa shape index (κ3) is 3.13. The highest BCUT2D eigenvalue weighted by Crippen LogP contribution is 2.26. The first-order valence-electron chi connectivity index (χ1n) is 5.43. The Balaban J connectivity index is 2.46. The zero-order chi connectivity index (χ0) is 15.8. The van der Waals surface area contributed by atoms with E-state index in [4.69, 9.17) is 5.73 Å². The lowest BCUT2D eigenvalue weighted by Crippen LogP contribution is -2.16. The highest BCUT2D eigenvalue weighted by molar-refractivity contribution is 9.10. The largest absolute Gasteiger partial charge is 0.394 e. The molecule has 4 nitrogen and oxygen atoms in total. The Labute approximate surface area is 127 Å². The van der Waals surface area contributed by atoms with Crippen molar-refractivity contribution in [1.29, 1.82) is 0 Å². The molecule has 0 saturated heterocycles. The second kappa shape index (κ2) is 5.57. The van der Waals surface area contributed by atoms with Gasteiger partial charge in [-0.25, -0.2) is 21.6 Å². The topological polar surface area (TPSA) is 72.2 Å². The van der Waals surface area contributed by atoms with Gasteiger partial charge in [-0.05, 0) is 30.3 Å². The molecule has 112 valence electrons. The molecule has 0 aromatic heterocycles. The van der Waals surface area contributed by atoms with E-state index in [1.54, 1.807) is 0 Å². The average Bonchev–Trinajstić information content (AvgIpc) is 2.39. The van der Waals surface area contributed by atoms with Gasteiger partial charge in [0, 0.05) is 4.47 Å². The molecule has 21 heavy (non-hydrogen) atoms. The van der Waals surface area contributed by atoms with Gasteiger partial charge in [0.1, 0.15) is 22.2 Å². The number of halogens is 4. The molecule has 0 heterocycles. The minimum Gasteiger partial charge on any atom is -0.394 e. The van der Waals surface area contributed by atoms with Crippen LogP contribution in [0.3, 0.4) is 0 Å². The first-order valence-corrected chi connectivity index (χ1v) is 7.71. The van der Waals surface area contributed by atoms with Crippen LogP contribution in [0.5, 0.6) is 0 Å². The van der Waals surface area contributed by atoms with Crippen molar-refractivity contribution in [2.45, 2.75) is 4.90 Å². The molecule has 0 aliphatic heterocycles. The summed E-state index contributed by atoms with van der Waals surface area (Å²) in [5.41, 5.74) is 3.80. The molecule has 0 bridgehead atoms. The predicted octanol–water partition coefficient (Wildman–Crippen LogP) is 3.25. The van der Waals surface area contributed by atoms with Crippen LogP contribution < -0.4 is 10.5 Å². The van der Waals surface area contributed by atoms with Crippen LogP contribution in [0.15, 0.2) is 39.7 Å². The Kier molecular flexibility index (Phi) is 4.15. The SMILES string of the molecule is Nc1c(F)ccc(S(=O)(=O)Nc2ccc(Br)cc2F)c1F. The number of anilines is 2. The number of nitrogens with one attached hydrogen (secondary N) is 1. The lowest BCUT2D eigenvalue weighted by atomic mass is 10.3. The molecular formula is C12H8BrF3N2O2S. The molecule has 0 aliphatic rings. The molecule has 0 saturated carbocycles. The van der Waals surface area contributed by atoms with Gasteiger partial charge in [-0.2, -0.15) is 0 Å². The van der Waals surface area contributed by atoms with Crippen LogP contribution >= 0.6 is 15.9 Å². The maximum atomic E-state index is 13.7. The molecule has 2 aromatic carbocycles. The van der Waals surface area contributed by atoms with Crippen LogP contribution in [0.2, 0.25) is 0 Å². The summed E-state index contributed by atoms with van der Waals surface area (Å²) in [5.74, 6) is -3.37. The van der Waals surface area contributed by atoms with Gasteiger partial charge in [-0.1, -0.05) is 15.9 Å². The summed E-state index contributed by atoms with van der Waals surface area (Å²) in [6.07, 6.45) is 0. The summed E-state index contributed by atoms with van der Waals surface area (Å²) in [4.78, 5) is -0.872. The fraction of sp³-hybridized carbons (Fsp3) is 0. The molecule has 9 heteroatoms. The highest BCUT2D eigenvalue weighted by atomic mass is 79.9. The summed E-state index contributed by atoms with van der Waals surface area (Å²) >= 11 is 3.01. The number of hydrogen-bond acceptors (Lipinski definition) is 3. The summed E-state index contributed by atoms with van der Waals surface area (Å²) in [6, 6.07) is 5.01. The van der Waals surface area contributed by atoms with E-state index < -0.39 is 38.1 Å². The first kappa shape index (κ1) is 15.6. The quantitative estimate of drug-likeness (QED) is 0.802. The third-order valence-electron chi connectivity index (χ3n) is 2.56. The van der Waals surface area contributed by atoms with E-state index in [0.717, 1.165) is 12.1 Å². The number of benzene rings is 2. The molecule has 0 amide bonds. The van der Waals surface area contributed by atoms with Crippen molar-refractivity contribution in [3.05, 3.63) is 52.3 Å². The van der Waals surface area contributed by atoms with Crippen LogP contribution in [-0.2, 0) is 10.0 Å². The zero-order valence-electron chi connectivity index (χ0n) is 10.2. The van der Waals surface area contributed by atoms with Crippen molar-refractivity contribution in [3.8, 4) is 0 Å². The molecule has 0 unspecified atom stereocenters. The third-order valence-corrected chi connectivity index (χ3v) is 4.43. The van der Waals surface area contributed by atoms with Crippen molar-refractivity contribution >= 4 is 37.3 Å². The van der Waals surface area contributed by atoms with Crippen molar-refractivity contribution in [2.75, 3.05) is 10.5 Å².